The molecule has 3 nitrogen and oxygen atoms in total. The average molecular weight is 302 g/mol. The number of fused-ring (bicyclic) bond motifs is 1. The number of nitrogens with zero attached hydrogens (tertiary/aromatic N) is 2. The summed E-state index contributed by atoms with van der Waals surface area (Å²) in [6.07, 6.45) is 0. The zero-order chi connectivity index (χ0) is 14.1. The summed E-state index contributed by atoms with van der Waals surface area (Å²) in [6.45, 7) is 0.466. The Balaban J connectivity index is 2.23. The predicted octanol–water partition coefficient (Wildman–Crippen LogP) is 3.64. The zero-order valence-electron chi connectivity index (χ0n) is 10.6. The van der Waals surface area contributed by atoms with Crippen molar-refractivity contribution in [2.24, 2.45) is 5.73 Å². The number of aromatic nitrogens is 2. The standard InChI is InChI=1S/C15H12ClN3S/c16-11-7-5-10(6-8-11)15-18-12-3-1-2-4-13(12)19(15)9-14(17)20/h1-8H,9H2,(H2,17,20). The van der Waals surface area contributed by atoms with E-state index in [2.05, 4.69) is 4.98 Å². The molecule has 0 saturated heterocycles. The Labute approximate surface area is 127 Å². The Morgan fingerprint density at radius 3 is 2.55 bits per heavy atom. The van der Waals surface area contributed by atoms with E-state index in [-0.39, 0.29) is 0 Å². The average Bonchev–Trinajstić information content (AvgIpc) is 2.78. The molecule has 20 heavy (non-hydrogen) atoms. The largest absolute Gasteiger partial charge is 0.392 e. The summed E-state index contributed by atoms with van der Waals surface area (Å²) in [5.41, 5.74) is 8.64. The van der Waals surface area contributed by atoms with Gasteiger partial charge < -0.3 is 10.3 Å². The second-order valence-corrected chi connectivity index (χ2v) is 5.44. The SMILES string of the molecule is NC(=S)Cn1c(-c2ccc(Cl)cc2)nc2ccccc21. The second kappa shape index (κ2) is 5.23. The van der Waals surface area contributed by atoms with Gasteiger partial charge in [-0.2, -0.15) is 0 Å². The van der Waals surface area contributed by atoms with Gasteiger partial charge in [0.1, 0.15) is 5.82 Å². The molecule has 3 aromatic rings. The molecule has 1 aromatic heterocycles. The first kappa shape index (κ1) is 13.1. The molecule has 0 unspecified atom stereocenters. The summed E-state index contributed by atoms with van der Waals surface area (Å²) in [6, 6.07) is 15.5. The van der Waals surface area contributed by atoms with E-state index < -0.39 is 0 Å². The molecular weight excluding hydrogens is 290 g/mol. The minimum atomic E-state index is 0.434. The van der Waals surface area contributed by atoms with E-state index in [9.17, 15) is 0 Å². The lowest BCUT2D eigenvalue weighted by Crippen LogP contribution is -2.17. The van der Waals surface area contributed by atoms with Crippen LogP contribution in [0.2, 0.25) is 5.02 Å². The van der Waals surface area contributed by atoms with Crippen molar-refractivity contribution in [3.05, 3.63) is 53.6 Å². The van der Waals surface area contributed by atoms with Crippen LogP contribution in [0, 0.1) is 0 Å². The molecule has 0 atom stereocenters. The Kier molecular flexibility index (Phi) is 3.42. The quantitative estimate of drug-likeness (QED) is 0.751. The van der Waals surface area contributed by atoms with Crippen LogP contribution in [0.15, 0.2) is 48.5 Å². The molecule has 2 N–H and O–H groups in total. The summed E-state index contributed by atoms with van der Waals surface area (Å²) in [7, 11) is 0. The van der Waals surface area contributed by atoms with Gasteiger partial charge in [-0.25, -0.2) is 4.98 Å². The van der Waals surface area contributed by atoms with E-state index in [0.29, 0.717) is 16.6 Å². The van der Waals surface area contributed by atoms with Crippen LogP contribution < -0.4 is 5.73 Å². The summed E-state index contributed by atoms with van der Waals surface area (Å²) in [4.78, 5) is 5.10. The highest BCUT2D eigenvalue weighted by atomic mass is 35.5. The maximum Gasteiger partial charge on any atom is 0.141 e. The van der Waals surface area contributed by atoms with Crippen molar-refractivity contribution in [3.8, 4) is 11.4 Å². The number of benzene rings is 2. The van der Waals surface area contributed by atoms with Gasteiger partial charge in [0.25, 0.3) is 0 Å². The van der Waals surface area contributed by atoms with Crippen molar-refractivity contribution in [1.29, 1.82) is 0 Å². The van der Waals surface area contributed by atoms with Gasteiger partial charge in [-0.15, -0.1) is 0 Å². The summed E-state index contributed by atoms with van der Waals surface area (Å²) in [5, 5.41) is 0.700. The van der Waals surface area contributed by atoms with Gasteiger partial charge in [-0.3, -0.25) is 0 Å². The first-order valence-electron chi connectivity index (χ1n) is 6.14. The number of imidazole rings is 1. The molecule has 0 aliphatic rings. The highest BCUT2D eigenvalue weighted by Gasteiger charge is 2.12. The topological polar surface area (TPSA) is 43.8 Å². The van der Waals surface area contributed by atoms with Crippen molar-refractivity contribution in [2.45, 2.75) is 6.54 Å². The Bertz CT molecular complexity index is 777. The molecule has 0 aliphatic carbocycles. The van der Waals surface area contributed by atoms with Gasteiger partial charge in [0, 0.05) is 10.6 Å². The van der Waals surface area contributed by atoms with Gasteiger partial charge in [0.2, 0.25) is 0 Å². The van der Waals surface area contributed by atoms with E-state index >= 15 is 0 Å². The molecule has 100 valence electrons. The number of nitrogens with two attached hydrogens (primary N) is 1. The number of halogens is 1. The first-order chi connectivity index (χ1) is 9.65. The van der Waals surface area contributed by atoms with E-state index in [1.807, 2.05) is 53.1 Å². The van der Waals surface area contributed by atoms with Crippen molar-refractivity contribution in [1.82, 2.24) is 9.55 Å². The highest BCUT2D eigenvalue weighted by molar-refractivity contribution is 7.80. The third kappa shape index (κ3) is 2.40. The highest BCUT2D eigenvalue weighted by Crippen LogP contribution is 2.25. The number of rotatable bonds is 3. The van der Waals surface area contributed by atoms with E-state index in [0.717, 1.165) is 22.4 Å². The molecule has 2 aromatic carbocycles. The van der Waals surface area contributed by atoms with Crippen LogP contribution in [-0.2, 0) is 6.54 Å². The maximum absolute atomic E-state index is 5.93. The Morgan fingerprint density at radius 2 is 1.85 bits per heavy atom. The van der Waals surface area contributed by atoms with E-state index in [4.69, 9.17) is 29.6 Å². The summed E-state index contributed by atoms with van der Waals surface area (Å²) in [5.74, 6) is 0.843. The maximum atomic E-state index is 5.93. The fourth-order valence-electron chi connectivity index (χ4n) is 2.21. The number of thiocarbonyl (C=S) groups is 1. The van der Waals surface area contributed by atoms with Gasteiger partial charge >= 0.3 is 0 Å². The van der Waals surface area contributed by atoms with Crippen LogP contribution in [-0.4, -0.2) is 14.5 Å². The lowest BCUT2D eigenvalue weighted by molar-refractivity contribution is 0.895. The van der Waals surface area contributed by atoms with Gasteiger partial charge in [-0.05, 0) is 36.4 Å². The van der Waals surface area contributed by atoms with E-state index in [1.54, 1.807) is 0 Å². The van der Waals surface area contributed by atoms with Crippen LogP contribution in [0.4, 0.5) is 0 Å². The van der Waals surface area contributed by atoms with Gasteiger partial charge in [-0.1, -0.05) is 36.0 Å². The number of hydrogen-bond donors (Lipinski definition) is 1. The zero-order valence-corrected chi connectivity index (χ0v) is 12.2. The molecule has 0 bridgehead atoms. The summed E-state index contributed by atoms with van der Waals surface area (Å²) < 4.78 is 2.03. The van der Waals surface area contributed by atoms with Crippen LogP contribution >= 0.6 is 23.8 Å². The van der Waals surface area contributed by atoms with Crippen LogP contribution in [0.5, 0.6) is 0 Å². The molecule has 0 fully saturated rings. The molecule has 0 saturated carbocycles. The van der Waals surface area contributed by atoms with Gasteiger partial charge in [0.15, 0.2) is 0 Å². The molecule has 0 aliphatic heterocycles. The molecule has 5 heteroatoms. The minimum absolute atomic E-state index is 0.434. The lowest BCUT2D eigenvalue weighted by Gasteiger charge is -2.08. The predicted molar refractivity (Wildman–Crippen MR) is 87.0 cm³/mol. The molecule has 0 amide bonds. The minimum Gasteiger partial charge on any atom is -0.392 e. The summed E-state index contributed by atoms with van der Waals surface area (Å²) >= 11 is 11.0. The van der Waals surface area contributed by atoms with Crippen LogP contribution in [0.3, 0.4) is 0 Å². The smallest absolute Gasteiger partial charge is 0.141 e. The van der Waals surface area contributed by atoms with Crippen molar-refractivity contribution in [3.63, 3.8) is 0 Å². The molecule has 0 radical (unpaired) electrons. The normalized spacial score (nSPS) is 10.8. The monoisotopic (exact) mass is 301 g/mol. The third-order valence-corrected chi connectivity index (χ3v) is 3.45. The number of hydrogen-bond acceptors (Lipinski definition) is 2. The lowest BCUT2D eigenvalue weighted by atomic mass is 10.2. The molecule has 0 spiro atoms. The fraction of sp³-hybridized carbons (Fsp3) is 0.0667. The Hall–Kier alpha value is -1.91. The van der Waals surface area contributed by atoms with Crippen molar-refractivity contribution < 1.29 is 0 Å². The molecule has 3 rings (SSSR count). The van der Waals surface area contributed by atoms with Crippen LogP contribution in [0.25, 0.3) is 22.4 Å². The molecule has 1 heterocycles. The van der Waals surface area contributed by atoms with Gasteiger partial charge in [0.05, 0.1) is 22.6 Å². The van der Waals surface area contributed by atoms with Crippen molar-refractivity contribution in [2.75, 3.05) is 0 Å². The molecular formula is C15H12ClN3S. The number of para-hydroxylation sites is 2. The Morgan fingerprint density at radius 1 is 1.15 bits per heavy atom. The van der Waals surface area contributed by atoms with Crippen molar-refractivity contribution >= 4 is 39.8 Å². The third-order valence-electron chi connectivity index (χ3n) is 3.07. The second-order valence-electron chi connectivity index (χ2n) is 4.48. The van der Waals surface area contributed by atoms with E-state index in [1.165, 1.54) is 0 Å². The fourth-order valence-corrected chi connectivity index (χ4v) is 2.47. The van der Waals surface area contributed by atoms with Crippen LogP contribution in [0.1, 0.15) is 0 Å². The first-order valence-corrected chi connectivity index (χ1v) is 6.93.